The first-order valence-corrected chi connectivity index (χ1v) is 6.16. The van der Waals surface area contributed by atoms with Gasteiger partial charge in [0.2, 0.25) is 0 Å². The fourth-order valence-corrected chi connectivity index (χ4v) is 2.31. The van der Waals surface area contributed by atoms with Gasteiger partial charge in [0.15, 0.2) is 0 Å². The second-order valence-electron chi connectivity index (χ2n) is 4.66. The zero-order valence-corrected chi connectivity index (χ0v) is 10.2. The van der Waals surface area contributed by atoms with Crippen molar-refractivity contribution in [2.45, 2.75) is 52.6 Å². The third kappa shape index (κ3) is 2.96. The molecule has 0 amide bonds. The van der Waals surface area contributed by atoms with Crippen LogP contribution in [-0.2, 0) is 0 Å². The van der Waals surface area contributed by atoms with E-state index in [0.717, 1.165) is 24.5 Å². The maximum atomic E-state index is 3.54. The molecular formula is C12H26N2. The van der Waals surface area contributed by atoms with Crippen molar-refractivity contribution < 1.29 is 0 Å². The van der Waals surface area contributed by atoms with E-state index in [0.29, 0.717) is 0 Å². The van der Waals surface area contributed by atoms with E-state index in [2.05, 4.69) is 37.9 Å². The molecule has 1 N–H and O–H groups in total. The summed E-state index contributed by atoms with van der Waals surface area (Å²) < 4.78 is 0. The van der Waals surface area contributed by atoms with Crippen LogP contribution in [0.3, 0.4) is 0 Å². The second kappa shape index (κ2) is 5.72. The Labute approximate surface area is 89.1 Å². The minimum Gasteiger partial charge on any atom is -0.313 e. The van der Waals surface area contributed by atoms with E-state index in [4.69, 9.17) is 0 Å². The first-order valence-electron chi connectivity index (χ1n) is 6.16. The van der Waals surface area contributed by atoms with Gasteiger partial charge in [0, 0.05) is 25.2 Å². The van der Waals surface area contributed by atoms with E-state index < -0.39 is 0 Å². The lowest BCUT2D eigenvalue weighted by molar-refractivity contribution is 0.191. The highest BCUT2D eigenvalue weighted by Crippen LogP contribution is 2.19. The standard InChI is InChI=1S/C12H26N2/c1-5-10(3)11(4)14-8-7-12(9-14)13-6-2/h10-13H,5-9H2,1-4H3. The van der Waals surface area contributed by atoms with Gasteiger partial charge >= 0.3 is 0 Å². The first kappa shape index (κ1) is 12.0. The molecule has 1 aliphatic rings. The summed E-state index contributed by atoms with van der Waals surface area (Å²) in [6.45, 7) is 12.9. The molecule has 0 aliphatic carbocycles. The van der Waals surface area contributed by atoms with Crippen molar-refractivity contribution >= 4 is 0 Å². The molecule has 2 nitrogen and oxygen atoms in total. The molecule has 2 heteroatoms. The molecule has 1 rings (SSSR count). The van der Waals surface area contributed by atoms with E-state index in [-0.39, 0.29) is 0 Å². The number of likely N-dealkylation sites (N-methyl/N-ethyl adjacent to an activating group) is 1. The third-order valence-corrected chi connectivity index (χ3v) is 3.76. The van der Waals surface area contributed by atoms with Crippen molar-refractivity contribution in [3.05, 3.63) is 0 Å². The van der Waals surface area contributed by atoms with Crippen molar-refractivity contribution in [3.63, 3.8) is 0 Å². The van der Waals surface area contributed by atoms with Crippen LogP contribution >= 0.6 is 0 Å². The van der Waals surface area contributed by atoms with Crippen LogP contribution in [0.4, 0.5) is 0 Å². The van der Waals surface area contributed by atoms with Gasteiger partial charge in [-0.3, -0.25) is 4.90 Å². The highest BCUT2D eigenvalue weighted by Gasteiger charge is 2.27. The summed E-state index contributed by atoms with van der Waals surface area (Å²) in [5.41, 5.74) is 0. The number of nitrogens with zero attached hydrogens (tertiary/aromatic N) is 1. The van der Waals surface area contributed by atoms with Gasteiger partial charge < -0.3 is 5.32 Å². The summed E-state index contributed by atoms with van der Waals surface area (Å²) in [4.78, 5) is 2.64. The second-order valence-corrected chi connectivity index (χ2v) is 4.66. The number of nitrogens with one attached hydrogen (secondary N) is 1. The Morgan fingerprint density at radius 2 is 2.07 bits per heavy atom. The van der Waals surface area contributed by atoms with Gasteiger partial charge in [-0.1, -0.05) is 27.2 Å². The van der Waals surface area contributed by atoms with Crippen LogP contribution in [0.15, 0.2) is 0 Å². The van der Waals surface area contributed by atoms with Gasteiger partial charge in [0.05, 0.1) is 0 Å². The molecule has 1 aliphatic heterocycles. The molecule has 0 bridgehead atoms. The molecular weight excluding hydrogens is 172 g/mol. The molecule has 1 heterocycles. The highest BCUT2D eigenvalue weighted by molar-refractivity contribution is 4.85. The molecule has 0 aromatic carbocycles. The molecule has 0 radical (unpaired) electrons. The SMILES string of the molecule is CCNC1CCN(C(C)C(C)CC)C1. The van der Waals surface area contributed by atoms with Crippen molar-refractivity contribution in [3.8, 4) is 0 Å². The van der Waals surface area contributed by atoms with Crippen LogP contribution in [0.2, 0.25) is 0 Å². The lowest BCUT2D eigenvalue weighted by atomic mass is 10.00. The molecule has 0 aromatic heterocycles. The number of hydrogen-bond acceptors (Lipinski definition) is 2. The number of likely N-dealkylation sites (tertiary alicyclic amines) is 1. The van der Waals surface area contributed by atoms with E-state index >= 15 is 0 Å². The van der Waals surface area contributed by atoms with Crippen molar-refractivity contribution in [1.29, 1.82) is 0 Å². The molecule has 0 spiro atoms. The minimum atomic E-state index is 0.742. The molecule has 14 heavy (non-hydrogen) atoms. The normalized spacial score (nSPS) is 27.9. The van der Waals surface area contributed by atoms with E-state index in [1.807, 2.05) is 0 Å². The fraction of sp³-hybridized carbons (Fsp3) is 1.00. The quantitative estimate of drug-likeness (QED) is 0.728. The Bertz CT molecular complexity index is 158. The molecule has 1 fully saturated rings. The zero-order valence-electron chi connectivity index (χ0n) is 10.2. The van der Waals surface area contributed by atoms with Crippen molar-refractivity contribution in [1.82, 2.24) is 10.2 Å². The number of rotatable bonds is 5. The zero-order chi connectivity index (χ0) is 10.6. The molecule has 3 unspecified atom stereocenters. The largest absolute Gasteiger partial charge is 0.313 e. The topological polar surface area (TPSA) is 15.3 Å². The van der Waals surface area contributed by atoms with E-state index in [1.54, 1.807) is 0 Å². The molecule has 3 atom stereocenters. The average molecular weight is 198 g/mol. The van der Waals surface area contributed by atoms with Crippen LogP contribution in [0.25, 0.3) is 0 Å². The summed E-state index contributed by atoms with van der Waals surface area (Å²) in [6.07, 6.45) is 2.62. The highest BCUT2D eigenvalue weighted by atomic mass is 15.2. The average Bonchev–Trinajstić information content (AvgIpc) is 2.64. The van der Waals surface area contributed by atoms with Gasteiger partial charge in [-0.15, -0.1) is 0 Å². The smallest absolute Gasteiger partial charge is 0.0207 e. The fourth-order valence-electron chi connectivity index (χ4n) is 2.31. The maximum absolute atomic E-state index is 3.54. The molecule has 84 valence electrons. The van der Waals surface area contributed by atoms with E-state index in [1.165, 1.54) is 25.9 Å². The predicted molar refractivity (Wildman–Crippen MR) is 62.6 cm³/mol. The first-order chi connectivity index (χ1) is 6.69. The summed E-state index contributed by atoms with van der Waals surface area (Å²) in [5, 5.41) is 3.54. The van der Waals surface area contributed by atoms with Crippen LogP contribution < -0.4 is 5.32 Å². The van der Waals surface area contributed by atoms with Gasteiger partial charge in [-0.2, -0.15) is 0 Å². The molecule has 0 saturated carbocycles. The number of hydrogen-bond donors (Lipinski definition) is 1. The van der Waals surface area contributed by atoms with Crippen LogP contribution in [0, 0.1) is 5.92 Å². The summed E-state index contributed by atoms with van der Waals surface area (Å²) in [5.74, 6) is 0.829. The van der Waals surface area contributed by atoms with Crippen molar-refractivity contribution in [2.75, 3.05) is 19.6 Å². The minimum absolute atomic E-state index is 0.742. The van der Waals surface area contributed by atoms with Crippen LogP contribution in [0.1, 0.15) is 40.5 Å². The lowest BCUT2D eigenvalue weighted by Gasteiger charge is -2.29. The van der Waals surface area contributed by atoms with Gasteiger partial charge in [-0.05, 0) is 25.8 Å². The maximum Gasteiger partial charge on any atom is 0.0207 e. The Morgan fingerprint density at radius 3 is 2.64 bits per heavy atom. The third-order valence-electron chi connectivity index (χ3n) is 3.76. The van der Waals surface area contributed by atoms with Crippen molar-refractivity contribution in [2.24, 2.45) is 5.92 Å². The molecule has 1 saturated heterocycles. The summed E-state index contributed by atoms with van der Waals surface area (Å²) in [7, 11) is 0. The lowest BCUT2D eigenvalue weighted by Crippen LogP contribution is -2.38. The van der Waals surface area contributed by atoms with Gasteiger partial charge in [0.25, 0.3) is 0 Å². The Morgan fingerprint density at radius 1 is 1.36 bits per heavy atom. The summed E-state index contributed by atoms with van der Waals surface area (Å²) in [6, 6.07) is 1.50. The Balaban J connectivity index is 2.33. The monoisotopic (exact) mass is 198 g/mol. The van der Waals surface area contributed by atoms with Gasteiger partial charge in [0.1, 0.15) is 0 Å². The van der Waals surface area contributed by atoms with Gasteiger partial charge in [-0.25, -0.2) is 0 Å². The summed E-state index contributed by atoms with van der Waals surface area (Å²) >= 11 is 0. The van der Waals surface area contributed by atoms with Crippen LogP contribution in [-0.4, -0.2) is 36.6 Å². The van der Waals surface area contributed by atoms with E-state index in [9.17, 15) is 0 Å². The Kier molecular flexibility index (Phi) is 4.90. The Hall–Kier alpha value is -0.0800. The predicted octanol–water partition coefficient (Wildman–Crippen LogP) is 2.10. The van der Waals surface area contributed by atoms with Crippen LogP contribution in [0.5, 0.6) is 0 Å². The molecule has 0 aromatic rings.